The molecule has 2 aliphatic rings. The normalized spacial score (nSPS) is 27.7. The van der Waals surface area contributed by atoms with Gasteiger partial charge in [0, 0.05) is 12.0 Å². The molecule has 4 nitrogen and oxygen atoms in total. The Kier molecular flexibility index (Phi) is 7.23. The average molecular weight is 479 g/mol. The van der Waals surface area contributed by atoms with Crippen molar-refractivity contribution >= 4 is 18.4 Å². The number of hydrogen-bond donors (Lipinski definition) is 0. The van der Waals surface area contributed by atoms with Crippen LogP contribution >= 0.6 is 0 Å². The molecule has 0 unspecified atom stereocenters. The van der Waals surface area contributed by atoms with E-state index in [2.05, 4.69) is 53.8 Å². The lowest BCUT2D eigenvalue weighted by atomic mass is 9.63. The lowest BCUT2D eigenvalue weighted by molar-refractivity contribution is 0.0150. The fourth-order valence-corrected chi connectivity index (χ4v) is 7.62. The summed E-state index contributed by atoms with van der Waals surface area (Å²) in [4.78, 5) is 0.222. The van der Waals surface area contributed by atoms with Gasteiger partial charge in [0.2, 0.25) is 0 Å². The minimum atomic E-state index is -3.75. The predicted molar refractivity (Wildman–Crippen MR) is 134 cm³/mol. The van der Waals surface area contributed by atoms with Gasteiger partial charge in [0.1, 0.15) is 0 Å². The number of hydrogen-bond acceptors (Lipinski definition) is 4. The second-order valence-electron chi connectivity index (χ2n) is 11.7. The third-order valence-corrected chi connectivity index (χ3v) is 14.1. The van der Waals surface area contributed by atoms with Crippen LogP contribution in [0.25, 0.3) is 0 Å². The van der Waals surface area contributed by atoms with Crippen LogP contribution in [0.15, 0.2) is 40.8 Å². The first-order chi connectivity index (χ1) is 14.7. The molecular formula is C26H42O4SSi. The first-order valence-corrected chi connectivity index (χ1v) is 16.3. The summed E-state index contributed by atoms with van der Waals surface area (Å²) < 4.78 is 37.8. The van der Waals surface area contributed by atoms with Crippen LogP contribution in [0.2, 0.25) is 18.1 Å². The van der Waals surface area contributed by atoms with Gasteiger partial charge in [-0.05, 0) is 67.8 Å². The van der Waals surface area contributed by atoms with E-state index in [0.717, 1.165) is 31.2 Å². The van der Waals surface area contributed by atoms with E-state index in [1.165, 1.54) is 5.57 Å². The van der Waals surface area contributed by atoms with Gasteiger partial charge in [0.15, 0.2) is 8.32 Å². The summed E-state index contributed by atoms with van der Waals surface area (Å²) in [5.74, 6) is 0.522. The molecule has 0 saturated heterocycles. The molecule has 3 rings (SSSR count). The molecule has 6 heteroatoms. The highest BCUT2D eigenvalue weighted by molar-refractivity contribution is 7.86. The molecule has 0 bridgehead atoms. The minimum absolute atomic E-state index is 0.0526. The van der Waals surface area contributed by atoms with Gasteiger partial charge in [0.25, 0.3) is 10.1 Å². The Labute approximate surface area is 197 Å². The van der Waals surface area contributed by atoms with Crippen LogP contribution in [0, 0.1) is 24.2 Å². The Bertz CT molecular complexity index is 943. The van der Waals surface area contributed by atoms with Crippen molar-refractivity contribution in [2.24, 2.45) is 17.3 Å². The van der Waals surface area contributed by atoms with Crippen LogP contribution in [0.3, 0.4) is 0 Å². The minimum Gasteiger partial charge on any atom is -0.414 e. The molecule has 0 N–H and O–H groups in total. The number of allylic oxidation sites excluding steroid dienone is 1. The fraction of sp³-hybridized carbons (Fsp3) is 0.692. The second kappa shape index (κ2) is 9.01. The molecule has 1 aromatic rings. The van der Waals surface area contributed by atoms with Gasteiger partial charge in [-0.15, -0.1) is 0 Å². The van der Waals surface area contributed by atoms with E-state index in [0.29, 0.717) is 5.92 Å². The molecular weight excluding hydrogens is 436 g/mol. The largest absolute Gasteiger partial charge is 0.414 e. The van der Waals surface area contributed by atoms with Crippen molar-refractivity contribution in [1.82, 2.24) is 0 Å². The van der Waals surface area contributed by atoms with Crippen LogP contribution in [0.5, 0.6) is 0 Å². The van der Waals surface area contributed by atoms with E-state index in [-0.39, 0.29) is 34.0 Å². The maximum atomic E-state index is 12.7. The number of benzene rings is 1. The summed E-state index contributed by atoms with van der Waals surface area (Å²) in [6.45, 7) is 18.2. The van der Waals surface area contributed by atoms with Gasteiger partial charge >= 0.3 is 0 Å². The average Bonchev–Trinajstić information content (AvgIpc) is 3.03. The van der Waals surface area contributed by atoms with Crippen LogP contribution < -0.4 is 0 Å². The van der Waals surface area contributed by atoms with Gasteiger partial charge in [-0.1, -0.05) is 70.4 Å². The van der Waals surface area contributed by atoms with E-state index in [1.54, 1.807) is 24.3 Å². The molecule has 1 fully saturated rings. The summed E-state index contributed by atoms with van der Waals surface area (Å²) in [6.07, 6.45) is 7.06. The van der Waals surface area contributed by atoms with Crippen LogP contribution in [0.1, 0.15) is 65.9 Å². The van der Waals surface area contributed by atoms with Crippen molar-refractivity contribution in [3.05, 3.63) is 41.5 Å². The highest BCUT2D eigenvalue weighted by Crippen LogP contribution is 2.56. The van der Waals surface area contributed by atoms with Crippen molar-refractivity contribution < 1.29 is 17.0 Å². The topological polar surface area (TPSA) is 52.6 Å². The van der Waals surface area contributed by atoms with Crippen molar-refractivity contribution in [3.63, 3.8) is 0 Å². The molecule has 0 amide bonds. The number of aryl methyl sites for hydroxylation is 1. The fourth-order valence-electron chi connectivity index (χ4n) is 5.24. The van der Waals surface area contributed by atoms with Crippen molar-refractivity contribution in [1.29, 1.82) is 0 Å². The van der Waals surface area contributed by atoms with Gasteiger partial charge in [-0.2, -0.15) is 8.42 Å². The smallest absolute Gasteiger partial charge is 0.296 e. The zero-order valence-corrected chi connectivity index (χ0v) is 23.0. The van der Waals surface area contributed by atoms with E-state index in [4.69, 9.17) is 8.61 Å². The standard InChI is InChI=1S/C26H42O4SSi/c1-19-11-13-21(14-12-19)31(27,28)29-18-20(2)22-15-16-23-24(10-9-17-26(22,23)6)30-32(7,8)25(3,4)5/h11-15,20,23-24H,9-10,16-18H2,1-8H3/t20-,23+,24+,26-/m1/s1. The molecule has 0 aromatic heterocycles. The quantitative estimate of drug-likeness (QED) is 0.244. The molecule has 180 valence electrons. The highest BCUT2D eigenvalue weighted by Gasteiger charge is 2.51. The Balaban J connectivity index is 1.70. The molecule has 0 heterocycles. The zero-order valence-electron chi connectivity index (χ0n) is 21.2. The van der Waals surface area contributed by atoms with Crippen LogP contribution in [0.4, 0.5) is 0 Å². The maximum Gasteiger partial charge on any atom is 0.296 e. The highest BCUT2D eigenvalue weighted by atomic mass is 32.2. The molecule has 1 aromatic carbocycles. The van der Waals surface area contributed by atoms with E-state index >= 15 is 0 Å². The van der Waals surface area contributed by atoms with Gasteiger partial charge in [-0.25, -0.2) is 0 Å². The Morgan fingerprint density at radius 2 is 1.81 bits per heavy atom. The molecule has 32 heavy (non-hydrogen) atoms. The Hall–Kier alpha value is -0.953. The van der Waals surface area contributed by atoms with Gasteiger partial charge < -0.3 is 4.43 Å². The van der Waals surface area contributed by atoms with Gasteiger partial charge in [0.05, 0.1) is 11.5 Å². The molecule has 2 aliphatic carbocycles. The third kappa shape index (κ3) is 5.08. The van der Waals surface area contributed by atoms with Crippen LogP contribution in [-0.4, -0.2) is 29.4 Å². The summed E-state index contributed by atoms with van der Waals surface area (Å²) in [5, 5.41) is 0.196. The number of fused-ring (bicyclic) bond motifs is 1. The first kappa shape index (κ1) is 25.7. The zero-order chi connectivity index (χ0) is 23.9. The Morgan fingerprint density at radius 3 is 2.41 bits per heavy atom. The van der Waals surface area contributed by atoms with E-state index in [1.807, 2.05) is 6.92 Å². The second-order valence-corrected chi connectivity index (χ2v) is 18.1. The maximum absolute atomic E-state index is 12.7. The molecule has 0 radical (unpaired) electrons. The molecule has 1 saturated carbocycles. The monoisotopic (exact) mass is 478 g/mol. The lowest BCUT2D eigenvalue weighted by Gasteiger charge is -2.49. The summed E-state index contributed by atoms with van der Waals surface area (Å²) in [6, 6.07) is 6.83. The third-order valence-electron chi connectivity index (χ3n) is 8.27. The lowest BCUT2D eigenvalue weighted by Crippen LogP contribution is -2.49. The first-order valence-electron chi connectivity index (χ1n) is 12.0. The summed E-state index contributed by atoms with van der Waals surface area (Å²) in [5.41, 5.74) is 2.44. The summed E-state index contributed by atoms with van der Waals surface area (Å²) in [7, 11) is -5.59. The predicted octanol–water partition coefficient (Wildman–Crippen LogP) is 6.86. The molecule has 0 aliphatic heterocycles. The van der Waals surface area contributed by atoms with Crippen LogP contribution in [-0.2, 0) is 18.7 Å². The van der Waals surface area contributed by atoms with Gasteiger partial charge in [-0.3, -0.25) is 4.18 Å². The SMILES string of the molecule is Cc1ccc(S(=O)(=O)OC[C@@H](C)C2=CC[C@H]3[C@@H](O[Si](C)(C)C(C)(C)C)CCC[C@]23C)cc1. The summed E-state index contributed by atoms with van der Waals surface area (Å²) >= 11 is 0. The molecule has 4 atom stereocenters. The van der Waals surface area contributed by atoms with Crippen molar-refractivity contribution in [2.75, 3.05) is 6.61 Å². The Morgan fingerprint density at radius 1 is 1.19 bits per heavy atom. The van der Waals surface area contributed by atoms with Crippen molar-refractivity contribution in [3.8, 4) is 0 Å². The van der Waals surface area contributed by atoms with E-state index in [9.17, 15) is 8.42 Å². The van der Waals surface area contributed by atoms with E-state index < -0.39 is 18.4 Å². The number of rotatable bonds is 7. The van der Waals surface area contributed by atoms with Crippen molar-refractivity contribution in [2.45, 2.75) is 96.4 Å². The molecule has 0 spiro atoms.